The van der Waals surface area contributed by atoms with E-state index in [2.05, 4.69) is 62.5 Å². The number of benzene rings is 3. The van der Waals surface area contributed by atoms with Crippen molar-refractivity contribution in [2.45, 2.75) is 33.9 Å². The predicted octanol–water partition coefficient (Wildman–Crippen LogP) is 7.11. The van der Waals surface area contributed by atoms with Crippen LogP contribution in [0.4, 0.5) is 5.69 Å². The van der Waals surface area contributed by atoms with Crippen LogP contribution < -0.4 is 10.1 Å². The van der Waals surface area contributed by atoms with Crippen molar-refractivity contribution in [3.05, 3.63) is 92.5 Å². The quantitative estimate of drug-likeness (QED) is 0.476. The Bertz CT molecular complexity index is 936. The Labute approximate surface area is 171 Å². The lowest BCUT2D eigenvalue weighted by molar-refractivity contribution is 0.303. The van der Waals surface area contributed by atoms with E-state index in [1.165, 1.54) is 16.7 Å². The van der Waals surface area contributed by atoms with Crippen LogP contribution in [0.5, 0.6) is 5.75 Å². The molecule has 0 unspecified atom stereocenters. The zero-order valence-electron chi connectivity index (χ0n) is 15.8. The van der Waals surface area contributed by atoms with Gasteiger partial charge in [0.25, 0.3) is 0 Å². The second-order valence-electron chi connectivity index (χ2n) is 6.75. The van der Waals surface area contributed by atoms with Crippen LogP contribution in [-0.4, -0.2) is 0 Å². The van der Waals surface area contributed by atoms with E-state index in [4.69, 9.17) is 27.9 Å². The van der Waals surface area contributed by atoms with Crippen molar-refractivity contribution in [3.8, 4) is 5.75 Å². The first-order valence-corrected chi connectivity index (χ1v) is 9.66. The first kappa shape index (κ1) is 19.6. The van der Waals surface area contributed by atoms with Gasteiger partial charge >= 0.3 is 0 Å². The molecule has 3 aromatic carbocycles. The molecule has 0 aromatic heterocycles. The van der Waals surface area contributed by atoms with Crippen LogP contribution in [0.25, 0.3) is 0 Å². The molecule has 0 heterocycles. The maximum Gasteiger partial charge on any atom is 0.143 e. The third kappa shape index (κ3) is 4.97. The van der Waals surface area contributed by atoms with Crippen LogP contribution in [0.15, 0.2) is 54.6 Å². The highest BCUT2D eigenvalue weighted by Crippen LogP contribution is 2.34. The molecule has 0 amide bonds. The summed E-state index contributed by atoms with van der Waals surface area (Å²) in [6.45, 7) is 7.31. The molecule has 1 N–H and O–H groups in total. The summed E-state index contributed by atoms with van der Waals surface area (Å²) in [7, 11) is 0. The van der Waals surface area contributed by atoms with Gasteiger partial charge in [0.2, 0.25) is 0 Å². The molecule has 0 radical (unpaired) electrons. The molecular formula is C23H23Cl2NO. The standard InChI is InChI=1S/C23H23Cl2NO/c1-15-7-9-18(10-8-15)14-27-23-19(11-20(24)12-21(23)25)13-26-22-6-4-5-16(2)17(22)3/h4-12,26H,13-14H2,1-3H3. The molecule has 0 aliphatic carbocycles. The van der Waals surface area contributed by atoms with E-state index in [-0.39, 0.29) is 0 Å². The van der Waals surface area contributed by atoms with Gasteiger partial charge in [-0.2, -0.15) is 0 Å². The Morgan fingerprint density at radius 2 is 1.67 bits per heavy atom. The first-order valence-electron chi connectivity index (χ1n) is 8.90. The fraction of sp³-hybridized carbons (Fsp3) is 0.217. The lowest BCUT2D eigenvalue weighted by atomic mass is 10.1. The lowest BCUT2D eigenvalue weighted by Crippen LogP contribution is -2.06. The van der Waals surface area contributed by atoms with Gasteiger partial charge < -0.3 is 10.1 Å². The fourth-order valence-electron chi connectivity index (χ4n) is 2.88. The van der Waals surface area contributed by atoms with E-state index in [9.17, 15) is 0 Å². The SMILES string of the molecule is Cc1ccc(COc2c(Cl)cc(Cl)cc2CNc2cccc(C)c2C)cc1. The molecule has 0 spiro atoms. The van der Waals surface area contributed by atoms with Gasteiger partial charge in [-0.3, -0.25) is 0 Å². The molecule has 0 aliphatic heterocycles. The Kier molecular flexibility index (Phi) is 6.30. The molecule has 3 rings (SSSR count). The molecule has 27 heavy (non-hydrogen) atoms. The van der Waals surface area contributed by atoms with Crippen molar-refractivity contribution in [3.63, 3.8) is 0 Å². The van der Waals surface area contributed by atoms with Crippen LogP contribution in [0.3, 0.4) is 0 Å². The number of rotatable bonds is 6. The van der Waals surface area contributed by atoms with E-state index >= 15 is 0 Å². The van der Waals surface area contributed by atoms with Crippen molar-refractivity contribution in [1.82, 2.24) is 0 Å². The molecule has 140 valence electrons. The van der Waals surface area contributed by atoms with Crippen molar-refractivity contribution in [1.29, 1.82) is 0 Å². The summed E-state index contributed by atoms with van der Waals surface area (Å²) in [5, 5.41) is 4.59. The number of ether oxygens (including phenoxy) is 1. The van der Waals surface area contributed by atoms with E-state index in [1.807, 2.05) is 12.1 Å². The maximum atomic E-state index is 6.43. The number of hydrogen-bond acceptors (Lipinski definition) is 2. The van der Waals surface area contributed by atoms with Gasteiger partial charge in [0, 0.05) is 22.8 Å². The zero-order valence-corrected chi connectivity index (χ0v) is 17.3. The molecule has 0 atom stereocenters. The van der Waals surface area contributed by atoms with Crippen LogP contribution >= 0.6 is 23.2 Å². The molecule has 0 aliphatic rings. The third-order valence-electron chi connectivity index (χ3n) is 4.66. The smallest absolute Gasteiger partial charge is 0.143 e. The average Bonchev–Trinajstić information content (AvgIpc) is 2.63. The van der Waals surface area contributed by atoms with Crippen molar-refractivity contribution in [2.24, 2.45) is 0 Å². The largest absolute Gasteiger partial charge is 0.487 e. The number of nitrogens with one attached hydrogen (secondary N) is 1. The van der Waals surface area contributed by atoms with Crippen LogP contribution in [0, 0.1) is 20.8 Å². The van der Waals surface area contributed by atoms with Gasteiger partial charge in [-0.1, -0.05) is 65.2 Å². The van der Waals surface area contributed by atoms with E-state index < -0.39 is 0 Å². The summed E-state index contributed by atoms with van der Waals surface area (Å²) >= 11 is 12.7. The summed E-state index contributed by atoms with van der Waals surface area (Å²) in [6, 6.07) is 18.1. The van der Waals surface area contributed by atoms with Gasteiger partial charge in [-0.05, 0) is 55.7 Å². The topological polar surface area (TPSA) is 21.3 Å². The highest BCUT2D eigenvalue weighted by atomic mass is 35.5. The third-order valence-corrected chi connectivity index (χ3v) is 5.16. The predicted molar refractivity (Wildman–Crippen MR) is 115 cm³/mol. The number of anilines is 1. The van der Waals surface area contributed by atoms with E-state index in [1.54, 1.807) is 6.07 Å². The second-order valence-corrected chi connectivity index (χ2v) is 7.59. The van der Waals surface area contributed by atoms with Crippen molar-refractivity contribution >= 4 is 28.9 Å². The molecule has 0 bridgehead atoms. The van der Waals surface area contributed by atoms with Gasteiger partial charge in [-0.15, -0.1) is 0 Å². The Morgan fingerprint density at radius 1 is 0.926 bits per heavy atom. The Hall–Kier alpha value is -2.16. The normalized spacial score (nSPS) is 10.7. The summed E-state index contributed by atoms with van der Waals surface area (Å²) in [5.74, 6) is 0.666. The molecule has 4 heteroatoms. The maximum absolute atomic E-state index is 6.43. The number of halogens is 2. The molecular weight excluding hydrogens is 377 g/mol. The first-order chi connectivity index (χ1) is 12.9. The summed E-state index contributed by atoms with van der Waals surface area (Å²) in [4.78, 5) is 0. The molecule has 0 saturated carbocycles. The highest BCUT2D eigenvalue weighted by Gasteiger charge is 2.12. The summed E-state index contributed by atoms with van der Waals surface area (Å²) < 4.78 is 6.06. The Balaban J connectivity index is 1.79. The minimum atomic E-state index is 0.456. The zero-order chi connectivity index (χ0) is 19.4. The molecule has 0 saturated heterocycles. The number of hydrogen-bond donors (Lipinski definition) is 1. The second kappa shape index (κ2) is 8.69. The van der Waals surface area contributed by atoms with Gasteiger partial charge in [0.05, 0.1) is 5.02 Å². The summed E-state index contributed by atoms with van der Waals surface area (Å²) in [5.41, 5.74) is 6.82. The van der Waals surface area contributed by atoms with E-state index in [0.29, 0.717) is 28.9 Å². The Morgan fingerprint density at radius 3 is 2.41 bits per heavy atom. The van der Waals surface area contributed by atoms with Crippen molar-refractivity contribution in [2.75, 3.05) is 5.32 Å². The molecule has 3 aromatic rings. The fourth-order valence-corrected chi connectivity index (χ4v) is 3.47. The molecule has 2 nitrogen and oxygen atoms in total. The van der Waals surface area contributed by atoms with E-state index in [0.717, 1.165) is 16.8 Å². The van der Waals surface area contributed by atoms with Crippen LogP contribution in [0.2, 0.25) is 10.0 Å². The average molecular weight is 400 g/mol. The summed E-state index contributed by atoms with van der Waals surface area (Å²) in [6.07, 6.45) is 0. The van der Waals surface area contributed by atoms with Gasteiger partial charge in [-0.25, -0.2) is 0 Å². The van der Waals surface area contributed by atoms with Gasteiger partial charge in [0.1, 0.15) is 12.4 Å². The molecule has 0 fully saturated rings. The monoisotopic (exact) mass is 399 g/mol. The highest BCUT2D eigenvalue weighted by molar-refractivity contribution is 6.35. The van der Waals surface area contributed by atoms with Crippen molar-refractivity contribution < 1.29 is 4.74 Å². The minimum absolute atomic E-state index is 0.456. The van der Waals surface area contributed by atoms with Crippen LogP contribution in [-0.2, 0) is 13.2 Å². The van der Waals surface area contributed by atoms with Gasteiger partial charge in [0.15, 0.2) is 0 Å². The minimum Gasteiger partial charge on any atom is -0.487 e. The lowest BCUT2D eigenvalue weighted by Gasteiger charge is -2.16. The van der Waals surface area contributed by atoms with Crippen LogP contribution in [0.1, 0.15) is 27.8 Å². The number of aryl methyl sites for hydroxylation is 2.